The highest BCUT2D eigenvalue weighted by Crippen LogP contribution is 2.33. The third-order valence-electron chi connectivity index (χ3n) is 4.83. The summed E-state index contributed by atoms with van der Waals surface area (Å²) in [5.41, 5.74) is 3.77. The SMILES string of the molecule is CCN1CCCC1Cc1cccc(-c2ccccc2)c1NC(=O)O. The van der Waals surface area contributed by atoms with Gasteiger partial charge in [0.25, 0.3) is 0 Å². The molecule has 0 saturated carbocycles. The van der Waals surface area contributed by atoms with Gasteiger partial charge in [0.05, 0.1) is 5.69 Å². The lowest BCUT2D eigenvalue weighted by molar-refractivity contribution is 0.209. The molecule has 1 aliphatic rings. The lowest BCUT2D eigenvalue weighted by Crippen LogP contribution is -2.31. The molecule has 2 aromatic rings. The van der Waals surface area contributed by atoms with E-state index in [1.165, 1.54) is 12.8 Å². The van der Waals surface area contributed by atoms with Crippen molar-refractivity contribution < 1.29 is 9.90 Å². The number of nitrogens with one attached hydrogen (secondary N) is 1. The van der Waals surface area contributed by atoms with Crippen LogP contribution in [0.4, 0.5) is 10.5 Å². The molecule has 2 aromatic carbocycles. The van der Waals surface area contributed by atoms with Gasteiger partial charge in [-0.15, -0.1) is 0 Å². The van der Waals surface area contributed by atoms with E-state index in [0.29, 0.717) is 6.04 Å². The maximum absolute atomic E-state index is 11.3. The zero-order valence-electron chi connectivity index (χ0n) is 14.0. The number of hydrogen-bond donors (Lipinski definition) is 2. The molecule has 4 heteroatoms. The fourth-order valence-electron chi connectivity index (χ4n) is 3.68. The van der Waals surface area contributed by atoms with Crippen molar-refractivity contribution in [1.82, 2.24) is 4.90 Å². The number of para-hydroxylation sites is 1. The number of rotatable bonds is 5. The Morgan fingerprint density at radius 1 is 1.21 bits per heavy atom. The van der Waals surface area contributed by atoms with Crippen LogP contribution < -0.4 is 5.32 Å². The second-order valence-corrected chi connectivity index (χ2v) is 6.26. The van der Waals surface area contributed by atoms with E-state index >= 15 is 0 Å². The second kappa shape index (κ2) is 7.49. The number of likely N-dealkylation sites (tertiary alicyclic amines) is 1. The molecule has 0 spiro atoms. The molecule has 126 valence electrons. The summed E-state index contributed by atoms with van der Waals surface area (Å²) in [6.45, 7) is 4.38. The summed E-state index contributed by atoms with van der Waals surface area (Å²) in [6.07, 6.45) is 2.26. The van der Waals surface area contributed by atoms with E-state index in [1.807, 2.05) is 48.5 Å². The number of anilines is 1. The average molecular weight is 324 g/mol. The monoisotopic (exact) mass is 324 g/mol. The van der Waals surface area contributed by atoms with Gasteiger partial charge in [0.15, 0.2) is 0 Å². The zero-order valence-corrected chi connectivity index (χ0v) is 14.0. The molecule has 3 rings (SSSR count). The van der Waals surface area contributed by atoms with Crippen LogP contribution in [0.2, 0.25) is 0 Å². The van der Waals surface area contributed by atoms with Gasteiger partial charge in [0, 0.05) is 11.6 Å². The summed E-state index contributed by atoms with van der Waals surface area (Å²) in [6, 6.07) is 16.5. The van der Waals surface area contributed by atoms with Gasteiger partial charge in [-0.05, 0) is 43.5 Å². The molecule has 1 fully saturated rings. The minimum atomic E-state index is -1.02. The van der Waals surface area contributed by atoms with Crippen molar-refractivity contribution in [2.75, 3.05) is 18.4 Å². The molecule has 1 heterocycles. The Bertz CT molecular complexity index is 700. The molecule has 1 atom stereocenters. The van der Waals surface area contributed by atoms with Crippen LogP contribution in [0.25, 0.3) is 11.1 Å². The van der Waals surface area contributed by atoms with E-state index in [4.69, 9.17) is 0 Å². The maximum Gasteiger partial charge on any atom is 0.409 e. The van der Waals surface area contributed by atoms with Crippen molar-refractivity contribution in [3.8, 4) is 11.1 Å². The largest absolute Gasteiger partial charge is 0.465 e. The number of nitrogens with zero attached hydrogens (tertiary/aromatic N) is 1. The zero-order chi connectivity index (χ0) is 16.9. The van der Waals surface area contributed by atoms with Crippen LogP contribution in [0, 0.1) is 0 Å². The fraction of sp³-hybridized carbons (Fsp3) is 0.350. The summed E-state index contributed by atoms with van der Waals surface area (Å²) in [7, 11) is 0. The Morgan fingerprint density at radius 3 is 2.71 bits per heavy atom. The first-order valence-corrected chi connectivity index (χ1v) is 8.60. The molecule has 1 amide bonds. The van der Waals surface area contributed by atoms with Crippen LogP contribution in [-0.2, 0) is 6.42 Å². The molecule has 0 aliphatic carbocycles. The lowest BCUT2D eigenvalue weighted by Gasteiger charge is -2.24. The molecule has 1 aliphatic heterocycles. The summed E-state index contributed by atoms with van der Waals surface area (Å²) in [5, 5.41) is 11.9. The van der Waals surface area contributed by atoms with Crippen LogP contribution in [0.15, 0.2) is 48.5 Å². The van der Waals surface area contributed by atoms with Crippen molar-refractivity contribution in [2.24, 2.45) is 0 Å². The minimum Gasteiger partial charge on any atom is -0.465 e. The average Bonchev–Trinajstić information content (AvgIpc) is 3.04. The van der Waals surface area contributed by atoms with Crippen molar-refractivity contribution in [3.63, 3.8) is 0 Å². The van der Waals surface area contributed by atoms with Crippen molar-refractivity contribution in [3.05, 3.63) is 54.1 Å². The van der Waals surface area contributed by atoms with Crippen LogP contribution in [-0.4, -0.2) is 35.2 Å². The highest BCUT2D eigenvalue weighted by molar-refractivity contribution is 5.92. The molecule has 2 N–H and O–H groups in total. The quantitative estimate of drug-likeness (QED) is 0.853. The van der Waals surface area contributed by atoms with E-state index in [2.05, 4.69) is 17.1 Å². The van der Waals surface area contributed by atoms with Crippen LogP contribution >= 0.6 is 0 Å². The summed E-state index contributed by atoms with van der Waals surface area (Å²) >= 11 is 0. The van der Waals surface area contributed by atoms with Gasteiger partial charge in [-0.3, -0.25) is 5.32 Å². The summed E-state index contributed by atoms with van der Waals surface area (Å²) < 4.78 is 0. The third-order valence-corrected chi connectivity index (χ3v) is 4.83. The molecular formula is C20H24N2O2. The molecule has 24 heavy (non-hydrogen) atoms. The Morgan fingerprint density at radius 2 is 2.00 bits per heavy atom. The molecule has 0 radical (unpaired) electrons. The predicted octanol–water partition coefficient (Wildman–Crippen LogP) is 4.47. The van der Waals surface area contributed by atoms with Crippen molar-refractivity contribution in [2.45, 2.75) is 32.2 Å². The van der Waals surface area contributed by atoms with Crippen LogP contribution in [0.3, 0.4) is 0 Å². The van der Waals surface area contributed by atoms with Gasteiger partial charge in [-0.25, -0.2) is 4.79 Å². The molecule has 1 saturated heterocycles. The van der Waals surface area contributed by atoms with Gasteiger partial charge < -0.3 is 10.0 Å². The Hall–Kier alpha value is -2.33. The Labute approximate surface area is 143 Å². The first kappa shape index (κ1) is 16.5. The normalized spacial score (nSPS) is 17.8. The first-order valence-electron chi connectivity index (χ1n) is 8.60. The summed E-state index contributed by atoms with van der Waals surface area (Å²) in [4.78, 5) is 13.8. The third kappa shape index (κ3) is 3.60. The van der Waals surface area contributed by atoms with Crippen LogP contribution in [0.5, 0.6) is 0 Å². The number of benzene rings is 2. The minimum absolute atomic E-state index is 0.496. The van der Waals surface area contributed by atoms with Gasteiger partial charge in [0.1, 0.15) is 0 Å². The molecule has 4 nitrogen and oxygen atoms in total. The van der Waals surface area contributed by atoms with Crippen molar-refractivity contribution in [1.29, 1.82) is 0 Å². The van der Waals surface area contributed by atoms with Crippen LogP contribution in [0.1, 0.15) is 25.3 Å². The molecular weight excluding hydrogens is 300 g/mol. The van der Waals surface area contributed by atoms with E-state index in [1.54, 1.807) is 0 Å². The number of hydrogen-bond acceptors (Lipinski definition) is 2. The topological polar surface area (TPSA) is 52.6 Å². The number of carbonyl (C=O) groups is 1. The van der Waals surface area contributed by atoms with Gasteiger partial charge in [-0.2, -0.15) is 0 Å². The fourth-order valence-corrected chi connectivity index (χ4v) is 3.68. The molecule has 1 unspecified atom stereocenters. The van der Waals surface area contributed by atoms with E-state index in [-0.39, 0.29) is 0 Å². The smallest absolute Gasteiger partial charge is 0.409 e. The lowest BCUT2D eigenvalue weighted by atomic mass is 9.95. The van der Waals surface area contributed by atoms with Gasteiger partial charge in [-0.1, -0.05) is 55.5 Å². The predicted molar refractivity (Wildman–Crippen MR) is 97.5 cm³/mol. The standard InChI is InChI=1S/C20H24N2O2/c1-2-22-13-7-11-17(22)14-16-10-6-12-18(19(16)21-20(23)24)15-8-4-3-5-9-15/h3-6,8-10,12,17,21H,2,7,11,13-14H2,1H3,(H,23,24). The van der Waals surface area contributed by atoms with Gasteiger partial charge >= 0.3 is 6.09 Å². The van der Waals surface area contributed by atoms with Gasteiger partial charge in [0.2, 0.25) is 0 Å². The van der Waals surface area contributed by atoms with E-state index < -0.39 is 6.09 Å². The van der Waals surface area contributed by atoms with E-state index in [9.17, 15) is 9.90 Å². The number of amides is 1. The first-order chi connectivity index (χ1) is 11.7. The van der Waals surface area contributed by atoms with E-state index in [0.717, 1.165) is 41.9 Å². The Balaban J connectivity index is 1.97. The highest BCUT2D eigenvalue weighted by atomic mass is 16.4. The maximum atomic E-state index is 11.3. The summed E-state index contributed by atoms with van der Waals surface area (Å²) in [5.74, 6) is 0. The molecule has 0 bridgehead atoms. The highest BCUT2D eigenvalue weighted by Gasteiger charge is 2.25. The number of likely N-dealkylation sites (N-methyl/N-ethyl adjacent to an activating group) is 1. The molecule has 0 aromatic heterocycles. The second-order valence-electron chi connectivity index (χ2n) is 6.26. The Kier molecular flexibility index (Phi) is 5.16. The van der Waals surface area contributed by atoms with Crippen molar-refractivity contribution >= 4 is 11.8 Å². The number of carboxylic acid groups (broad SMARTS) is 1.